The number of hydrogen-bond acceptors (Lipinski definition) is 9. The van der Waals surface area contributed by atoms with Gasteiger partial charge in [-0.15, -0.1) is 0 Å². The fourth-order valence-corrected chi connectivity index (χ4v) is 7.53. The van der Waals surface area contributed by atoms with Crippen LogP contribution in [0.15, 0.2) is 85.1 Å². The van der Waals surface area contributed by atoms with Gasteiger partial charge in [0.2, 0.25) is 35.4 Å². The summed E-state index contributed by atoms with van der Waals surface area (Å²) in [6, 6.07) is 15.6. The Hall–Kier alpha value is -6.26. The highest BCUT2D eigenvalue weighted by atomic mass is 16.3. The van der Waals surface area contributed by atoms with Gasteiger partial charge in [0.1, 0.15) is 42.0 Å². The first-order chi connectivity index (χ1) is 29.9. The average Bonchev–Trinajstić information content (AvgIpc) is 3.67. The summed E-state index contributed by atoms with van der Waals surface area (Å²) >= 11 is 0. The molecule has 1 aliphatic rings. The number of aromatic amines is 1. The van der Waals surface area contributed by atoms with Crippen LogP contribution in [0.3, 0.4) is 0 Å². The molecule has 6 amide bonds. The number of unbranched alkanes of at least 4 members (excludes halogenated alkanes) is 2. The molecule has 0 bridgehead atoms. The predicted octanol–water partition coefficient (Wildman–Crippen LogP) is 1.74. The average molecular weight is 852 g/mol. The molecule has 0 saturated carbocycles. The fourth-order valence-electron chi connectivity index (χ4n) is 7.53. The zero-order valence-corrected chi connectivity index (χ0v) is 35.5. The highest BCUT2D eigenvalue weighted by Crippen LogP contribution is 2.20. The van der Waals surface area contributed by atoms with E-state index >= 15 is 0 Å². The molecular weight excluding hydrogens is 791 g/mol. The molecule has 1 saturated heterocycles. The number of H-pyrrole nitrogens is 1. The van der Waals surface area contributed by atoms with Crippen molar-refractivity contribution in [2.75, 3.05) is 13.1 Å². The number of benzene rings is 3. The molecule has 62 heavy (non-hydrogen) atoms. The third-order valence-corrected chi connectivity index (χ3v) is 11.1. The zero-order chi connectivity index (χ0) is 44.6. The zero-order valence-electron chi connectivity index (χ0n) is 35.5. The number of para-hydroxylation sites is 1. The van der Waals surface area contributed by atoms with Gasteiger partial charge in [0.25, 0.3) is 0 Å². The maximum absolute atomic E-state index is 14.6. The molecule has 0 spiro atoms. The summed E-state index contributed by atoms with van der Waals surface area (Å²) in [6.07, 6.45) is 4.20. The molecule has 5 rings (SSSR count). The second-order valence-electron chi connectivity index (χ2n) is 16.2. The molecule has 1 aliphatic heterocycles. The van der Waals surface area contributed by atoms with Crippen LogP contribution >= 0.6 is 0 Å². The normalized spacial score (nSPS) is 22.1. The highest BCUT2D eigenvalue weighted by Gasteiger charge is 2.36. The molecular formula is C46H61N9O7. The first-order valence-electron chi connectivity index (χ1n) is 21.5. The Morgan fingerprint density at radius 3 is 1.52 bits per heavy atom. The van der Waals surface area contributed by atoms with Crippen LogP contribution in [0.1, 0.15) is 69.1 Å². The van der Waals surface area contributed by atoms with E-state index in [0.717, 1.165) is 22.0 Å². The van der Waals surface area contributed by atoms with E-state index in [1.54, 1.807) is 56.4 Å². The van der Waals surface area contributed by atoms with Crippen LogP contribution in [0.4, 0.5) is 0 Å². The Kier molecular flexibility index (Phi) is 17.4. The number of nitrogens with one attached hydrogen (secondary N) is 7. The summed E-state index contributed by atoms with van der Waals surface area (Å²) in [5.41, 5.74) is 14.4. The van der Waals surface area contributed by atoms with Crippen molar-refractivity contribution in [3.8, 4) is 5.75 Å². The smallest absolute Gasteiger partial charge is 0.243 e. The molecule has 332 valence electrons. The lowest BCUT2D eigenvalue weighted by molar-refractivity contribution is -0.137. The SMILES string of the molecule is CC(C)[C@@H]1NC(=O)[C@H](CCCCN)NC(=O)[C@@H](Cc2c[nH]c3ccccc23)NC(=O)[C@H](Cc2ccc(O)cc2)NC(=O)[C@H](Cc2ccccc2)NC(=O)[C@H](CCCCN)NC1=O. The predicted molar refractivity (Wildman–Crippen MR) is 236 cm³/mol. The van der Waals surface area contributed by atoms with E-state index in [4.69, 9.17) is 11.5 Å². The van der Waals surface area contributed by atoms with Crippen molar-refractivity contribution in [2.45, 2.75) is 108 Å². The van der Waals surface area contributed by atoms with E-state index in [1.165, 1.54) is 12.1 Å². The number of hydrogen-bond donors (Lipinski definition) is 10. The van der Waals surface area contributed by atoms with E-state index in [-0.39, 0.29) is 37.9 Å². The minimum atomic E-state index is -1.28. The van der Waals surface area contributed by atoms with Crippen LogP contribution in [0.2, 0.25) is 0 Å². The Morgan fingerprint density at radius 2 is 0.968 bits per heavy atom. The largest absolute Gasteiger partial charge is 0.508 e. The van der Waals surface area contributed by atoms with Gasteiger partial charge in [-0.05, 0) is 92.4 Å². The lowest BCUT2D eigenvalue weighted by Gasteiger charge is -2.30. The molecule has 16 nitrogen and oxygen atoms in total. The number of carbonyl (C=O) groups excluding carboxylic acids is 6. The number of carbonyl (C=O) groups is 6. The first kappa shape index (κ1) is 46.8. The summed E-state index contributed by atoms with van der Waals surface area (Å²) in [6.45, 7) is 4.22. The highest BCUT2D eigenvalue weighted by molar-refractivity contribution is 5.98. The van der Waals surface area contributed by atoms with Crippen LogP contribution in [-0.2, 0) is 48.0 Å². The molecule has 0 radical (unpaired) electrons. The van der Waals surface area contributed by atoms with Crippen molar-refractivity contribution in [3.05, 3.63) is 102 Å². The van der Waals surface area contributed by atoms with Gasteiger partial charge >= 0.3 is 0 Å². The Balaban J connectivity index is 1.59. The Bertz CT molecular complexity index is 2130. The lowest BCUT2D eigenvalue weighted by Crippen LogP contribution is -2.62. The second-order valence-corrected chi connectivity index (χ2v) is 16.2. The molecule has 12 N–H and O–H groups in total. The number of aromatic nitrogens is 1. The molecule has 0 unspecified atom stereocenters. The summed E-state index contributed by atoms with van der Waals surface area (Å²) < 4.78 is 0. The number of rotatable bonds is 15. The molecule has 3 aromatic carbocycles. The van der Waals surface area contributed by atoms with Gasteiger partial charge in [0.05, 0.1) is 0 Å². The number of phenolic OH excluding ortho intramolecular Hbond substituents is 1. The lowest BCUT2D eigenvalue weighted by atomic mass is 9.98. The number of fused-ring (bicyclic) bond motifs is 1. The van der Waals surface area contributed by atoms with E-state index < -0.39 is 77.6 Å². The van der Waals surface area contributed by atoms with E-state index in [2.05, 4.69) is 36.9 Å². The molecule has 1 fully saturated rings. The van der Waals surface area contributed by atoms with Gasteiger partial charge in [-0.25, -0.2) is 0 Å². The quantitative estimate of drug-likeness (QED) is 0.0781. The van der Waals surface area contributed by atoms with Crippen molar-refractivity contribution >= 4 is 46.3 Å². The standard InChI is InChI=1S/C46H61N9O7/c1-28(2)40-46(62)51-35(16-8-10-22-47)41(57)52-37(24-29-12-4-3-5-13-29)43(59)53-38(25-30-18-20-32(56)21-19-30)44(60)54-39(26-31-27-49-34-15-7-6-14-33(31)34)45(61)50-36(42(58)55-40)17-9-11-23-48/h3-7,12-15,18-21,27-28,35-40,49,56H,8-11,16-17,22-26,47-48H2,1-2H3,(H,50,61)(H,51,62)(H,52,57)(H,53,59)(H,54,60)(H,55,58)/t35-,36-,37-,38-,39+,40-/m0/s1. The monoisotopic (exact) mass is 851 g/mol. The molecule has 4 aromatic rings. The van der Waals surface area contributed by atoms with Crippen LogP contribution in [0.5, 0.6) is 5.75 Å². The van der Waals surface area contributed by atoms with Crippen molar-refractivity contribution in [3.63, 3.8) is 0 Å². The third kappa shape index (κ3) is 13.4. The third-order valence-electron chi connectivity index (χ3n) is 11.1. The number of phenols is 1. The molecule has 1 aromatic heterocycles. The van der Waals surface area contributed by atoms with Crippen LogP contribution in [-0.4, -0.2) is 94.9 Å². The van der Waals surface area contributed by atoms with Crippen molar-refractivity contribution < 1.29 is 33.9 Å². The van der Waals surface area contributed by atoms with Crippen molar-refractivity contribution in [1.29, 1.82) is 0 Å². The molecule has 16 heteroatoms. The minimum absolute atomic E-state index is 0.00549. The van der Waals surface area contributed by atoms with Gasteiger partial charge in [0.15, 0.2) is 0 Å². The van der Waals surface area contributed by atoms with Gasteiger partial charge in [0, 0.05) is 36.4 Å². The number of nitrogens with two attached hydrogens (primary N) is 2. The van der Waals surface area contributed by atoms with E-state index in [9.17, 15) is 33.9 Å². The number of aromatic hydroxyl groups is 1. The summed E-state index contributed by atoms with van der Waals surface area (Å²) in [5, 5.41) is 27.9. The fraction of sp³-hybridized carbons (Fsp3) is 0.435. The summed E-state index contributed by atoms with van der Waals surface area (Å²) in [5.74, 6) is -4.34. The van der Waals surface area contributed by atoms with Crippen LogP contribution in [0, 0.1) is 5.92 Å². The number of amides is 6. The van der Waals surface area contributed by atoms with E-state index in [0.29, 0.717) is 44.3 Å². The van der Waals surface area contributed by atoms with Crippen LogP contribution < -0.4 is 43.4 Å². The maximum atomic E-state index is 14.6. The van der Waals surface area contributed by atoms with Crippen molar-refractivity contribution in [1.82, 2.24) is 36.9 Å². The van der Waals surface area contributed by atoms with E-state index in [1.807, 2.05) is 30.3 Å². The second kappa shape index (κ2) is 23.1. The maximum Gasteiger partial charge on any atom is 0.243 e. The summed E-state index contributed by atoms with van der Waals surface area (Å²) in [7, 11) is 0. The van der Waals surface area contributed by atoms with Gasteiger partial charge in [-0.3, -0.25) is 28.8 Å². The molecule has 6 atom stereocenters. The van der Waals surface area contributed by atoms with Crippen molar-refractivity contribution in [2.24, 2.45) is 17.4 Å². The Labute approximate surface area is 362 Å². The van der Waals surface area contributed by atoms with Gasteiger partial charge in [-0.2, -0.15) is 0 Å². The van der Waals surface area contributed by atoms with Crippen LogP contribution in [0.25, 0.3) is 10.9 Å². The topological polar surface area (TPSA) is 263 Å². The minimum Gasteiger partial charge on any atom is -0.508 e. The Morgan fingerprint density at radius 1 is 0.516 bits per heavy atom. The van der Waals surface area contributed by atoms with Gasteiger partial charge in [-0.1, -0.05) is 74.5 Å². The first-order valence-corrected chi connectivity index (χ1v) is 21.5. The summed E-state index contributed by atoms with van der Waals surface area (Å²) in [4.78, 5) is 89.3. The molecule has 2 heterocycles. The van der Waals surface area contributed by atoms with Gasteiger partial charge < -0.3 is 53.5 Å². The molecule has 0 aliphatic carbocycles.